The molecular weight excluding hydrogens is 755 g/mol. The first kappa shape index (κ1) is 40.1. The van der Waals surface area contributed by atoms with E-state index >= 15 is 0 Å². The van der Waals surface area contributed by atoms with E-state index in [0.717, 1.165) is 49.7 Å². The van der Waals surface area contributed by atoms with Crippen LogP contribution in [0.5, 0.6) is 5.75 Å². The molecule has 3 heterocycles. The number of alkyl carbamates (subject to hydrolysis) is 1. The van der Waals surface area contributed by atoms with Gasteiger partial charge in [0.15, 0.2) is 0 Å². The van der Waals surface area contributed by atoms with Crippen LogP contribution in [0.3, 0.4) is 0 Å². The summed E-state index contributed by atoms with van der Waals surface area (Å²) in [6, 6.07) is 11.3. The number of nitrogens with one attached hydrogen (secondary N) is 3. The van der Waals surface area contributed by atoms with E-state index in [1.165, 1.54) is 30.2 Å². The van der Waals surface area contributed by atoms with Gasteiger partial charge in [0.2, 0.25) is 11.8 Å². The van der Waals surface area contributed by atoms with Crippen LogP contribution in [0.2, 0.25) is 0 Å². The lowest BCUT2D eigenvalue weighted by Crippen LogP contribution is -2.58. The molecule has 0 aromatic heterocycles. The third-order valence-electron chi connectivity index (χ3n) is 11.7. The number of carbonyl (C=O) groups is 5. The highest BCUT2D eigenvalue weighted by Gasteiger charge is 2.61. The number of carbonyl (C=O) groups excluding carboxylic acids is 5. The van der Waals surface area contributed by atoms with Crippen LogP contribution in [0.4, 0.5) is 9.59 Å². The van der Waals surface area contributed by atoms with Gasteiger partial charge in [-0.25, -0.2) is 22.7 Å². The average molecular weight is 806 g/mol. The summed E-state index contributed by atoms with van der Waals surface area (Å²) in [5.41, 5.74) is 0.536. The Balaban J connectivity index is 1.13. The molecule has 15 nitrogen and oxygen atoms in total. The molecule has 7 rings (SSSR count). The predicted molar refractivity (Wildman–Crippen MR) is 206 cm³/mol. The van der Waals surface area contributed by atoms with E-state index in [4.69, 9.17) is 14.2 Å². The van der Waals surface area contributed by atoms with Gasteiger partial charge in [-0.15, -0.1) is 0 Å². The third kappa shape index (κ3) is 9.21. The Kier molecular flexibility index (Phi) is 12.1. The van der Waals surface area contributed by atoms with Crippen molar-refractivity contribution in [2.75, 3.05) is 20.2 Å². The van der Waals surface area contributed by atoms with E-state index in [2.05, 4.69) is 15.4 Å². The zero-order chi connectivity index (χ0) is 40.2. The van der Waals surface area contributed by atoms with Gasteiger partial charge in [0.1, 0.15) is 35.6 Å². The molecule has 57 heavy (non-hydrogen) atoms. The molecule has 1 saturated heterocycles. The second kappa shape index (κ2) is 17.2. The lowest BCUT2D eigenvalue weighted by molar-refractivity contribution is -0.141. The highest BCUT2D eigenvalue weighted by atomic mass is 32.2. The van der Waals surface area contributed by atoms with Crippen LogP contribution in [-0.2, 0) is 46.8 Å². The maximum absolute atomic E-state index is 14.5. The molecule has 3 N–H and O–H groups in total. The van der Waals surface area contributed by atoms with Crippen LogP contribution in [0.1, 0.15) is 81.8 Å². The molecule has 2 aliphatic carbocycles. The zero-order valence-electron chi connectivity index (χ0n) is 32.2. The van der Waals surface area contributed by atoms with Crippen LogP contribution < -0.4 is 20.1 Å². The van der Waals surface area contributed by atoms with Crippen molar-refractivity contribution in [3.05, 3.63) is 71.8 Å². The molecule has 2 aromatic carbocycles. The Morgan fingerprint density at radius 3 is 2.47 bits per heavy atom. The molecule has 2 saturated carbocycles. The Hall–Kier alpha value is -5.12. The molecule has 0 bridgehead atoms. The second-order valence-electron chi connectivity index (χ2n) is 15.6. The van der Waals surface area contributed by atoms with E-state index in [1.807, 2.05) is 36.4 Å². The summed E-state index contributed by atoms with van der Waals surface area (Å²) in [5.74, 6) is -2.41. The van der Waals surface area contributed by atoms with Crippen molar-refractivity contribution in [3.8, 4) is 5.75 Å². The van der Waals surface area contributed by atoms with Gasteiger partial charge < -0.3 is 34.6 Å². The highest BCUT2D eigenvalue weighted by Crippen LogP contribution is 2.46. The van der Waals surface area contributed by atoms with Crippen molar-refractivity contribution in [1.29, 1.82) is 0 Å². The number of rotatable bonds is 7. The number of hydrogen-bond donors (Lipinski definition) is 3. The van der Waals surface area contributed by atoms with Crippen molar-refractivity contribution < 1.29 is 46.6 Å². The largest absolute Gasteiger partial charge is 0.497 e. The Bertz CT molecular complexity index is 2000. The Morgan fingerprint density at radius 2 is 1.68 bits per heavy atom. The summed E-state index contributed by atoms with van der Waals surface area (Å²) >= 11 is 0. The van der Waals surface area contributed by atoms with Gasteiger partial charge in [0.05, 0.1) is 18.6 Å². The fourth-order valence-corrected chi connectivity index (χ4v) is 9.48. The van der Waals surface area contributed by atoms with Crippen molar-refractivity contribution in [3.63, 3.8) is 0 Å². The zero-order valence-corrected chi connectivity index (χ0v) is 33.0. The summed E-state index contributed by atoms with van der Waals surface area (Å²) in [6.45, 7) is 0.666. The number of sulfonamides is 1. The summed E-state index contributed by atoms with van der Waals surface area (Å²) < 4.78 is 45.8. The number of methoxy groups -OCH3 is 1. The van der Waals surface area contributed by atoms with Crippen LogP contribution in [0, 0.1) is 5.92 Å². The number of amides is 5. The van der Waals surface area contributed by atoms with E-state index in [0.29, 0.717) is 38.8 Å². The van der Waals surface area contributed by atoms with Gasteiger partial charge in [-0.05, 0) is 81.0 Å². The molecule has 5 aliphatic rings. The van der Waals surface area contributed by atoms with Crippen LogP contribution in [0.25, 0.3) is 0 Å². The molecule has 2 aromatic rings. The summed E-state index contributed by atoms with van der Waals surface area (Å²) in [4.78, 5) is 72.3. The number of allylic oxidation sites excluding steroid dienone is 1. The molecule has 3 fully saturated rings. The number of ether oxygens (including phenoxy) is 3. The SMILES string of the molecule is COc1cccc(S(=O)(=O)NC(=O)[C@@]23C[C@@H]2/C=C\CCCCC[C@H](NC(=O)OC2CCCC2)C(=O)N2C[C@H](OC(=O)N4CCc5ccccc5C4)C[C@H]2C(=O)N3)c1. The first-order chi connectivity index (χ1) is 27.5. The van der Waals surface area contributed by atoms with Crippen LogP contribution >= 0.6 is 0 Å². The molecule has 0 spiro atoms. The molecule has 16 heteroatoms. The average Bonchev–Trinajstić information content (AvgIpc) is 3.46. The molecule has 5 atom stereocenters. The van der Waals surface area contributed by atoms with E-state index in [9.17, 15) is 32.4 Å². The maximum Gasteiger partial charge on any atom is 0.410 e. The lowest BCUT2D eigenvalue weighted by Gasteiger charge is -2.30. The molecule has 0 unspecified atom stereocenters. The summed E-state index contributed by atoms with van der Waals surface area (Å²) in [5, 5.41) is 5.60. The topological polar surface area (TPSA) is 190 Å². The van der Waals surface area contributed by atoms with E-state index in [1.54, 1.807) is 11.0 Å². The summed E-state index contributed by atoms with van der Waals surface area (Å²) in [6.07, 6.45) is 8.51. The van der Waals surface area contributed by atoms with Gasteiger partial charge in [0.25, 0.3) is 15.9 Å². The van der Waals surface area contributed by atoms with Gasteiger partial charge in [-0.2, -0.15) is 0 Å². The quantitative estimate of drug-likeness (QED) is 0.344. The Labute approximate surface area is 332 Å². The maximum atomic E-state index is 14.5. The molecule has 306 valence electrons. The van der Waals surface area contributed by atoms with Crippen molar-refractivity contribution in [2.24, 2.45) is 5.92 Å². The van der Waals surface area contributed by atoms with E-state index < -0.39 is 69.6 Å². The highest BCUT2D eigenvalue weighted by molar-refractivity contribution is 7.90. The Morgan fingerprint density at radius 1 is 0.912 bits per heavy atom. The third-order valence-corrected chi connectivity index (χ3v) is 13.1. The van der Waals surface area contributed by atoms with Crippen LogP contribution in [0.15, 0.2) is 65.6 Å². The molecule has 5 amide bonds. The minimum absolute atomic E-state index is 0.0761. The fourth-order valence-electron chi connectivity index (χ4n) is 8.41. The summed E-state index contributed by atoms with van der Waals surface area (Å²) in [7, 11) is -2.98. The predicted octanol–water partition coefficient (Wildman–Crippen LogP) is 4.10. The number of fused-ring (bicyclic) bond motifs is 3. The number of hydrogen-bond acceptors (Lipinski definition) is 10. The first-order valence-electron chi connectivity index (χ1n) is 20.0. The lowest BCUT2D eigenvalue weighted by atomic mass is 10.0. The minimum atomic E-state index is -4.38. The van der Waals surface area contributed by atoms with Crippen molar-refractivity contribution in [2.45, 2.75) is 118 Å². The van der Waals surface area contributed by atoms with Gasteiger partial charge >= 0.3 is 12.2 Å². The minimum Gasteiger partial charge on any atom is -0.497 e. The first-order valence-corrected chi connectivity index (χ1v) is 21.4. The smallest absolute Gasteiger partial charge is 0.410 e. The second-order valence-corrected chi connectivity index (χ2v) is 17.3. The fraction of sp³-hybridized carbons (Fsp3) is 0.537. The van der Waals surface area contributed by atoms with Crippen LogP contribution in [-0.4, -0.2) is 98.2 Å². The normalized spacial score (nSPS) is 27.3. The van der Waals surface area contributed by atoms with E-state index in [-0.39, 0.29) is 36.1 Å². The molecule has 0 radical (unpaired) electrons. The van der Waals surface area contributed by atoms with Gasteiger partial charge in [-0.1, -0.05) is 55.3 Å². The van der Waals surface area contributed by atoms with Gasteiger partial charge in [0, 0.05) is 31.5 Å². The van der Waals surface area contributed by atoms with Crippen molar-refractivity contribution in [1.82, 2.24) is 25.2 Å². The van der Waals surface area contributed by atoms with Crippen molar-refractivity contribution >= 4 is 39.9 Å². The number of nitrogens with zero attached hydrogens (tertiary/aromatic N) is 2. The number of benzene rings is 2. The monoisotopic (exact) mass is 805 g/mol. The molecular formula is C41H51N5O10S. The van der Waals surface area contributed by atoms with Gasteiger partial charge in [-0.3, -0.25) is 14.4 Å². The molecule has 3 aliphatic heterocycles. The standard InChI is InChI=1S/C41H51N5O10S/c1-54-31-17-11-18-33(22-31)57(52,53)44-38(49)41-24-29(41)14-5-3-2-4-6-19-34(42-39(50)55-30-15-9-10-16-30)37(48)46-26-32(23-35(46)36(47)43-41)56-40(51)45-21-20-27-12-7-8-13-28(27)25-45/h5,7-8,11-14,17-18,22,29-30,32,34-35H,2-4,6,9-10,15-16,19-21,23-26H2,1H3,(H,42,50)(H,43,47)(H,44,49)/b14-5-/t29-,32+,34-,35-,41+/m0/s1.